The Hall–Kier alpha value is -0.920. The highest BCUT2D eigenvalue weighted by Crippen LogP contribution is 2.26. The molecule has 0 bridgehead atoms. The number of hydrogen-bond donors (Lipinski definition) is 1. The number of hydrogen-bond acceptors (Lipinski definition) is 3. The van der Waals surface area contributed by atoms with Crippen LogP contribution >= 0.6 is 15.9 Å². The van der Waals surface area contributed by atoms with Gasteiger partial charge in [-0.3, -0.25) is 4.79 Å². The Balaban J connectivity index is 1.92. The van der Waals surface area contributed by atoms with Crippen molar-refractivity contribution in [2.45, 2.75) is 30.7 Å². The minimum absolute atomic E-state index is 0.00432. The summed E-state index contributed by atoms with van der Waals surface area (Å²) in [6.07, 6.45) is 2.03. The van der Waals surface area contributed by atoms with E-state index in [0.717, 1.165) is 17.3 Å². The zero-order valence-corrected chi connectivity index (χ0v) is 13.6. The molecule has 1 aromatic carbocycles. The number of rotatable bonds is 6. The fraction of sp³-hybridized carbons (Fsp3) is 0.462. The number of amides is 1. The zero-order valence-electron chi connectivity index (χ0n) is 11.2. The van der Waals surface area contributed by atoms with Gasteiger partial charge in [-0.25, -0.2) is 13.1 Å². The first-order valence-electron chi connectivity index (χ1n) is 6.42. The van der Waals surface area contributed by atoms with Gasteiger partial charge in [0.15, 0.2) is 0 Å². The molecular weight excluding hydrogens is 344 g/mol. The maximum atomic E-state index is 12.1. The third kappa shape index (κ3) is 4.04. The van der Waals surface area contributed by atoms with Gasteiger partial charge in [0.05, 0.1) is 4.90 Å². The van der Waals surface area contributed by atoms with Crippen LogP contribution in [0.15, 0.2) is 33.6 Å². The average Bonchev–Trinajstić information content (AvgIpc) is 3.19. The van der Waals surface area contributed by atoms with Gasteiger partial charge in [-0.1, -0.05) is 15.9 Å². The highest BCUT2D eigenvalue weighted by Gasteiger charge is 2.30. The van der Waals surface area contributed by atoms with Crippen LogP contribution in [0.5, 0.6) is 0 Å². The van der Waals surface area contributed by atoms with Gasteiger partial charge in [0, 0.05) is 30.5 Å². The molecule has 1 aromatic rings. The van der Waals surface area contributed by atoms with Crippen molar-refractivity contribution in [1.29, 1.82) is 0 Å². The normalized spacial score (nSPS) is 15.1. The van der Waals surface area contributed by atoms with Crippen LogP contribution in [0.2, 0.25) is 0 Å². The largest absolute Gasteiger partial charge is 0.339 e. The van der Waals surface area contributed by atoms with Gasteiger partial charge in [0.1, 0.15) is 0 Å². The van der Waals surface area contributed by atoms with Crippen molar-refractivity contribution in [2.75, 3.05) is 13.1 Å². The second kappa shape index (κ2) is 6.24. The number of carbonyl (C=O) groups excluding carboxylic acids is 1. The van der Waals surface area contributed by atoms with Crippen LogP contribution in [0.1, 0.15) is 19.8 Å². The molecule has 0 saturated heterocycles. The van der Waals surface area contributed by atoms with Crippen molar-refractivity contribution in [3.05, 3.63) is 28.7 Å². The molecule has 1 saturated carbocycles. The molecule has 0 aliphatic heterocycles. The molecule has 110 valence electrons. The second-order valence-electron chi connectivity index (χ2n) is 4.80. The first-order chi connectivity index (χ1) is 9.40. The third-order valence-corrected chi connectivity index (χ3v) is 5.17. The van der Waals surface area contributed by atoms with Crippen molar-refractivity contribution in [2.24, 2.45) is 0 Å². The van der Waals surface area contributed by atoms with Gasteiger partial charge in [-0.2, -0.15) is 0 Å². The molecule has 2 rings (SSSR count). The maximum absolute atomic E-state index is 12.1. The van der Waals surface area contributed by atoms with Crippen LogP contribution in [0, 0.1) is 0 Å². The van der Waals surface area contributed by atoms with Crippen LogP contribution in [-0.4, -0.2) is 38.4 Å². The van der Waals surface area contributed by atoms with Crippen LogP contribution in [0.25, 0.3) is 0 Å². The first-order valence-corrected chi connectivity index (χ1v) is 8.70. The molecule has 1 amide bonds. The van der Waals surface area contributed by atoms with E-state index in [-0.39, 0.29) is 17.3 Å². The van der Waals surface area contributed by atoms with Gasteiger partial charge >= 0.3 is 0 Å². The van der Waals surface area contributed by atoms with E-state index in [9.17, 15) is 13.2 Å². The Morgan fingerprint density at radius 1 is 1.35 bits per heavy atom. The predicted molar refractivity (Wildman–Crippen MR) is 79.7 cm³/mol. The third-order valence-electron chi connectivity index (χ3n) is 3.16. The fourth-order valence-corrected chi connectivity index (χ4v) is 3.27. The van der Waals surface area contributed by atoms with E-state index in [4.69, 9.17) is 0 Å². The Morgan fingerprint density at radius 3 is 2.45 bits per heavy atom. The van der Waals surface area contributed by atoms with Crippen molar-refractivity contribution < 1.29 is 13.2 Å². The van der Waals surface area contributed by atoms with E-state index in [2.05, 4.69) is 20.7 Å². The zero-order chi connectivity index (χ0) is 14.8. The summed E-state index contributed by atoms with van der Waals surface area (Å²) in [6.45, 7) is 2.16. The molecule has 0 unspecified atom stereocenters. The van der Waals surface area contributed by atoms with Crippen LogP contribution in [0.4, 0.5) is 0 Å². The standard InChI is InChI=1S/C13H17BrN2O3S/c1-10(17)16(12-4-5-12)9-8-15-20(18,19)13-6-2-11(14)3-7-13/h2-3,6-7,12,15H,4-5,8-9H2,1H3. The molecule has 0 radical (unpaired) electrons. The second-order valence-corrected chi connectivity index (χ2v) is 7.48. The minimum atomic E-state index is -3.51. The SMILES string of the molecule is CC(=O)N(CCNS(=O)(=O)c1ccc(Br)cc1)C1CC1. The van der Waals surface area contributed by atoms with E-state index in [1.54, 1.807) is 17.0 Å². The van der Waals surface area contributed by atoms with Crippen molar-refractivity contribution in [3.63, 3.8) is 0 Å². The Bertz CT molecular complexity index is 582. The van der Waals surface area contributed by atoms with E-state index >= 15 is 0 Å². The summed E-state index contributed by atoms with van der Waals surface area (Å²) in [5.74, 6) is -0.00432. The smallest absolute Gasteiger partial charge is 0.240 e. The van der Waals surface area contributed by atoms with E-state index in [1.165, 1.54) is 19.1 Å². The lowest BCUT2D eigenvalue weighted by atomic mass is 10.4. The van der Waals surface area contributed by atoms with Gasteiger partial charge < -0.3 is 4.90 Å². The molecule has 0 atom stereocenters. The molecule has 0 heterocycles. The van der Waals surface area contributed by atoms with E-state index < -0.39 is 10.0 Å². The molecule has 7 heteroatoms. The Morgan fingerprint density at radius 2 is 1.95 bits per heavy atom. The minimum Gasteiger partial charge on any atom is -0.339 e. The number of halogens is 1. The number of nitrogens with zero attached hydrogens (tertiary/aromatic N) is 1. The van der Waals surface area contributed by atoms with E-state index in [1.807, 2.05) is 0 Å². The quantitative estimate of drug-likeness (QED) is 0.839. The summed E-state index contributed by atoms with van der Waals surface area (Å²) in [5.41, 5.74) is 0. The fourth-order valence-electron chi connectivity index (χ4n) is 1.98. The Labute approximate surface area is 127 Å². The first kappa shape index (κ1) is 15.5. The predicted octanol–water partition coefficient (Wildman–Crippen LogP) is 1.74. The summed E-state index contributed by atoms with van der Waals surface area (Å²) < 4.78 is 27.5. The van der Waals surface area contributed by atoms with Crippen molar-refractivity contribution >= 4 is 31.9 Å². The highest BCUT2D eigenvalue weighted by molar-refractivity contribution is 9.10. The lowest BCUT2D eigenvalue weighted by Gasteiger charge is -2.20. The average molecular weight is 361 g/mol. The van der Waals surface area contributed by atoms with Gasteiger partial charge in [0.25, 0.3) is 0 Å². The number of nitrogens with one attached hydrogen (secondary N) is 1. The van der Waals surface area contributed by atoms with Crippen LogP contribution in [-0.2, 0) is 14.8 Å². The molecule has 1 aliphatic rings. The number of carbonyl (C=O) groups is 1. The molecule has 0 spiro atoms. The maximum Gasteiger partial charge on any atom is 0.240 e. The monoisotopic (exact) mass is 360 g/mol. The van der Waals surface area contributed by atoms with E-state index in [0.29, 0.717) is 12.6 Å². The summed E-state index contributed by atoms with van der Waals surface area (Å²) in [6, 6.07) is 6.73. The Kier molecular flexibility index (Phi) is 4.82. The summed E-state index contributed by atoms with van der Waals surface area (Å²) >= 11 is 3.26. The molecule has 1 N–H and O–H groups in total. The molecular formula is C13H17BrN2O3S. The summed E-state index contributed by atoms with van der Waals surface area (Å²) in [7, 11) is -3.51. The lowest BCUT2D eigenvalue weighted by molar-refractivity contribution is -0.129. The van der Waals surface area contributed by atoms with Gasteiger partial charge in [-0.15, -0.1) is 0 Å². The van der Waals surface area contributed by atoms with Crippen molar-refractivity contribution in [3.8, 4) is 0 Å². The molecule has 5 nitrogen and oxygen atoms in total. The molecule has 20 heavy (non-hydrogen) atoms. The van der Waals surface area contributed by atoms with Crippen LogP contribution in [0.3, 0.4) is 0 Å². The molecule has 1 fully saturated rings. The summed E-state index contributed by atoms with van der Waals surface area (Å²) in [4.78, 5) is 13.4. The van der Waals surface area contributed by atoms with Crippen LogP contribution < -0.4 is 4.72 Å². The van der Waals surface area contributed by atoms with Gasteiger partial charge in [0.2, 0.25) is 15.9 Å². The number of sulfonamides is 1. The van der Waals surface area contributed by atoms with Gasteiger partial charge in [-0.05, 0) is 37.1 Å². The topological polar surface area (TPSA) is 66.5 Å². The number of benzene rings is 1. The molecule has 0 aromatic heterocycles. The lowest BCUT2D eigenvalue weighted by Crippen LogP contribution is -2.38. The van der Waals surface area contributed by atoms with Crippen molar-refractivity contribution in [1.82, 2.24) is 9.62 Å². The summed E-state index contributed by atoms with van der Waals surface area (Å²) in [5, 5.41) is 0. The highest BCUT2D eigenvalue weighted by atomic mass is 79.9. The molecule has 1 aliphatic carbocycles.